The van der Waals surface area contributed by atoms with Crippen LogP contribution in [0, 0.1) is 6.92 Å². The van der Waals surface area contributed by atoms with Gasteiger partial charge in [0.2, 0.25) is 0 Å². The molecule has 1 heterocycles. The summed E-state index contributed by atoms with van der Waals surface area (Å²) in [6, 6.07) is 15.8. The van der Waals surface area contributed by atoms with Crippen LogP contribution < -0.4 is 10.5 Å². The molecule has 0 unspecified atom stereocenters. The molecule has 0 atom stereocenters. The van der Waals surface area contributed by atoms with Crippen LogP contribution in [0.2, 0.25) is 0 Å². The van der Waals surface area contributed by atoms with E-state index >= 15 is 0 Å². The second-order valence-electron chi connectivity index (χ2n) is 5.21. The third-order valence-electron chi connectivity index (χ3n) is 3.34. The highest BCUT2D eigenvalue weighted by Gasteiger charge is 2.19. The molecule has 0 saturated carbocycles. The number of thioether (sulfide) groups is 1. The van der Waals surface area contributed by atoms with Crippen molar-refractivity contribution in [3.63, 3.8) is 0 Å². The van der Waals surface area contributed by atoms with Crippen molar-refractivity contribution in [3.05, 3.63) is 70.1 Å². The maximum atomic E-state index is 11.6. The van der Waals surface area contributed by atoms with Gasteiger partial charge in [-0.25, -0.2) is 0 Å². The largest absolute Gasteiger partial charge is 0.489 e. The Bertz CT molecular complexity index is 778. The predicted molar refractivity (Wildman–Crippen MR) is 94.2 cm³/mol. The molecule has 0 aromatic heterocycles. The summed E-state index contributed by atoms with van der Waals surface area (Å²) in [5, 5.41) is 0.291. The summed E-state index contributed by atoms with van der Waals surface area (Å²) >= 11 is 1.19. The number of rotatable bonds is 4. The topological polar surface area (TPSA) is 64.7 Å². The smallest absolute Gasteiger partial charge is 0.286 e. The van der Waals surface area contributed by atoms with E-state index in [0.29, 0.717) is 16.7 Å². The van der Waals surface area contributed by atoms with Crippen LogP contribution >= 0.6 is 11.8 Å². The lowest BCUT2D eigenvalue weighted by Crippen LogP contribution is -2.01. The Labute approximate surface area is 139 Å². The van der Waals surface area contributed by atoms with Gasteiger partial charge < -0.3 is 10.5 Å². The fourth-order valence-electron chi connectivity index (χ4n) is 2.09. The van der Waals surface area contributed by atoms with E-state index < -0.39 is 0 Å². The Morgan fingerprint density at radius 2 is 1.83 bits per heavy atom. The molecule has 1 aliphatic rings. The zero-order valence-corrected chi connectivity index (χ0v) is 13.5. The molecular weight excluding hydrogens is 308 g/mol. The molecular formula is C18H16N2O2S. The summed E-state index contributed by atoms with van der Waals surface area (Å²) in [5.41, 5.74) is 8.80. The van der Waals surface area contributed by atoms with Crippen molar-refractivity contribution in [1.82, 2.24) is 0 Å². The number of aryl methyl sites for hydroxylation is 1. The second-order valence-corrected chi connectivity index (χ2v) is 6.27. The Balaban J connectivity index is 1.62. The van der Waals surface area contributed by atoms with E-state index in [1.807, 2.05) is 24.3 Å². The van der Waals surface area contributed by atoms with E-state index in [-0.39, 0.29) is 5.91 Å². The summed E-state index contributed by atoms with van der Waals surface area (Å²) in [5.74, 6) is 0.501. The lowest BCUT2D eigenvalue weighted by Gasteiger charge is -2.07. The van der Waals surface area contributed by atoms with Crippen molar-refractivity contribution in [2.24, 2.45) is 10.7 Å². The van der Waals surface area contributed by atoms with Gasteiger partial charge in [0.1, 0.15) is 12.4 Å². The maximum Gasteiger partial charge on any atom is 0.286 e. The number of ether oxygens (including phenoxy) is 1. The number of amidine groups is 1. The molecule has 2 aromatic carbocycles. The van der Waals surface area contributed by atoms with Crippen LogP contribution in [0.5, 0.6) is 5.75 Å². The van der Waals surface area contributed by atoms with Gasteiger partial charge >= 0.3 is 0 Å². The van der Waals surface area contributed by atoms with Crippen molar-refractivity contribution < 1.29 is 9.53 Å². The van der Waals surface area contributed by atoms with Crippen molar-refractivity contribution in [3.8, 4) is 5.75 Å². The Morgan fingerprint density at radius 3 is 2.43 bits per heavy atom. The first-order chi connectivity index (χ1) is 11.1. The van der Waals surface area contributed by atoms with Gasteiger partial charge in [-0.3, -0.25) is 4.79 Å². The van der Waals surface area contributed by atoms with E-state index in [1.165, 1.54) is 17.3 Å². The number of benzene rings is 2. The fourth-order valence-corrected chi connectivity index (χ4v) is 2.77. The van der Waals surface area contributed by atoms with Crippen LogP contribution in [0.3, 0.4) is 0 Å². The van der Waals surface area contributed by atoms with Crippen LogP contribution in [0.15, 0.2) is 58.4 Å². The fraction of sp³-hybridized carbons (Fsp3) is 0.111. The van der Waals surface area contributed by atoms with Gasteiger partial charge in [-0.15, -0.1) is 0 Å². The highest BCUT2D eigenvalue weighted by Crippen LogP contribution is 2.27. The van der Waals surface area contributed by atoms with E-state index in [0.717, 1.165) is 16.9 Å². The minimum Gasteiger partial charge on any atom is -0.489 e. The lowest BCUT2D eigenvalue weighted by molar-refractivity contribution is -0.113. The second kappa shape index (κ2) is 6.71. The summed E-state index contributed by atoms with van der Waals surface area (Å²) in [7, 11) is 0. The van der Waals surface area contributed by atoms with E-state index in [4.69, 9.17) is 10.5 Å². The van der Waals surface area contributed by atoms with Crippen LogP contribution in [-0.2, 0) is 11.4 Å². The molecule has 3 rings (SSSR count). The minimum absolute atomic E-state index is 0.285. The summed E-state index contributed by atoms with van der Waals surface area (Å²) in [4.78, 5) is 15.8. The molecule has 116 valence electrons. The molecule has 0 fully saturated rings. The SMILES string of the molecule is Cc1ccc(COc2ccc(/C=C3\SC(N)=NC3=O)cc2)cc1. The average molecular weight is 324 g/mol. The van der Waals surface area contributed by atoms with Crippen molar-refractivity contribution in [2.45, 2.75) is 13.5 Å². The van der Waals surface area contributed by atoms with E-state index in [1.54, 1.807) is 6.08 Å². The molecule has 4 nitrogen and oxygen atoms in total. The summed E-state index contributed by atoms with van der Waals surface area (Å²) < 4.78 is 5.76. The molecule has 0 bridgehead atoms. The van der Waals surface area contributed by atoms with Gasteiger partial charge in [-0.1, -0.05) is 42.0 Å². The Hall–Kier alpha value is -2.53. The zero-order valence-electron chi connectivity index (χ0n) is 12.7. The molecule has 23 heavy (non-hydrogen) atoms. The number of hydrogen-bond acceptors (Lipinski definition) is 4. The van der Waals surface area contributed by atoms with Crippen LogP contribution in [0.25, 0.3) is 6.08 Å². The van der Waals surface area contributed by atoms with Crippen molar-refractivity contribution >= 4 is 28.9 Å². The quantitative estimate of drug-likeness (QED) is 0.874. The summed E-state index contributed by atoms with van der Waals surface area (Å²) in [6.45, 7) is 2.59. The number of carbonyl (C=O) groups excluding carboxylic acids is 1. The number of nitrogens with zero attached hydrogens (tertiary/aromatic N) is 1. The van der Waals surface area contributed by atoms with E-state index in [2.05, 4.69) is 36.2 Å². The number of nitrogens with two attached hydrogens (primary N) is 1. The molecule has 2 N–H and O–H groups in total. The van der Waals surface area contributed by atoms with Crippen LogP contribution in [0.4, 0.5) is 0 Å². The minimum atomic E-state index is -0.285. The maximum absolute atomic E-state index is 11.6. The lowest BCUT2D eigenvalue weighted by atomic mass is 10.1. The standard InChI is InChI=1S/C18H16N2O2S/c1-12-2-4-14(5-3-12)11-22-15-8-6-13(7-9-15)10-16-17(21)20-18(19)23-16/h2-10H,11H2,1H3,(H2,19,20,21)/b16-10-. The number of hydrogen-bond donors (Lipinski definition) is 1. The number of aliphatic imine (C=N–C) groups is 1. The van der Waals surface area contributed by atoms with Gasteiger partial charge in [0.25, 0.3) is 5.91 Å². The number of carbonyl (C=O) groups is 1. The molecule has 0 spiro atoms. The molecule has 2 aromatic rings. The zero-order chi connectivity index (χ0) is 16.2. The third kappa shape index (κ3) is 4.02. The molecule has 0 radical (unpaired) electrons. The van der Waals surface area contributed by atoms with E-state index in [9.17, 15) is 4.79 Å². The first-order valence-electron chi connectivity index (χ1n) is 7.16. The predicted octanol–water partition coefficient (Wildman–Crippen LogP) is 3.50. The van der Waals surface area contributed by atoms with Crippen molar-refractivity contribution in [2.75, 3.05) is 0 Å². The third-order valence-corrected chi connectivity index (χ3v) is 4.15. The molecule has 5 heteroatoms. The molecule has 0 saturated heterocycles. The van der Waals surface area contributed by atoms with Crippen LogP contribution in [0.1, 0.15) is 16.7 Å². The Morgan fingerprint density at radius 1 is 1.13 bits per heavy atom. The van der Waals surface area contributed by atoms with Gasteiger partial charge in [-0.2, -0.15) is 4.99 Å². The molecule has 1 aliphatic heterocycles. The van der Waals surface area contributed by atoms with Gasteiger partial charge in [0, 0.05) is 0 Å². The average Bonchev–Trinajstić information content (AvgIpc) is 2.86. The molecule has 1 amide bonds. The molecule has 0 aliphatic carbocycles. The first kappa shape index (κ1) is 15.4. The number of amides is 1. The monoisotopic (exact) mass is 324 g/mol. The van der Waals surface area contributed by atoms with Gasteiger partial charge in [-0.05, 0) is 48.0 Å². The first-order valence-corrected chi connectivity index (χ1v) is 7.98. The van der Waals surface area contributed by atoms with Crippen molar-refractivity contribution in [1.29, 1.82) is 0 Å². The highest BCUT2D eigenvalue weighted by molar-refractivity contribution is 8.18. The normalized spacial score (nSPS) is 15.8. The summed E-state index contributed by atoms with van der Waals surface area (Å²) in [6.07, 6.45) is 1.78. The Kier molecular flexibility index (Phi) is 4.48. The highest BCUT2D eigenvalue weighted by atomic mass is 32.2. The van der Waals surface area contributed by atoms with Crippen LogP contribution in [-0.4, -0.2) is 11.1 Å². The van der Waals surface area contributed by atoms with Gasteiger partial charge in [0.05, 0.1) is 4.91 Å². The van der Waals surface area contributed by atoms with Gasteiger partial charge in [0.15, 0.2) is 5.17 Å².